The van der Waals surface area contributed by atoms with Gasteiger partial charge in [-0.05, 0) is 60.5 Å². The van der Waals surface area contributed by atoms with Crippen molar-refractivity contribution in [3.63, 3.8) is 0 Å². The molecule has 0 amide bonds. The Morgan fingerprint density at radius 3 is 1.27 bits per heavy atom. The molecule has 2 aromatic heterocycles. The van der Waals surface area contributed by atoms with Crippen molar-refractivity contribution >= 4 is 55.0 Å². The summed E-state index contributed by atoms with van der Waals surface area (Å²) in [7, 11) is 0. The zero-order valence-corrected chi connectivity index (χ0v) is 22.5. The van der Waals surface area contributed by atoms with Crippen molar-refractivity contribution in [2.75, 3.05) is 11.4 Å². The quantitative estimate of drug-likeness (QED) is 0.224. The molecule has 1 aliphatic rings. The van der Waals surface area contributed by atoms with Crippen molar-refractivity contribution in [2.24, 2.45) is 0 Å². The lowest BCUT2D eigenvalue weighted by Gasteiger charge is -2.23. The van der Waals surface area contributed by atoms with E-state index in [1.807, 2.05) is 0 Å². The summed E-state index contributed by atoms with van der Waals surface area (Å²) in [6.45, 7) is 0.975. The fraction of sp³-hybridized carbons (Fsp3) is 0.0526. The van der Waals surface area contributed by atoms with Crippen molar-refractivity contribution < 1.29 is 0 Å². The van der Waals surface area contributed by atoms with Crippen LogP contribution < -0.4 is 4.90 Å². The highest BCUT2D eigenvalue weighted by Gasteiger charge is 2.23. The summed E-state index contributed by atoms with van der Waals surface area (Å²) in [6, 6.07) is 51.0. The lowest BCUT2D eigenvalue weighted by molar-refractivity contribution is 0.993. The summed E-state index contributed by atoms with van der Waals surface area (Å²) in [6.07, 6.45) is 1.06. The highest BCUT2D eigenvalue weighted by atomic mass is 15.2. The molecule has 9 rings (SSSR count). The first-order valence-corrected chi connectivity index (χ1v) is 14.3. The average Bonchev–Trinajstić information content (AvgIpc) is 3.71. The molecule has 0 saturated heterocycles. The molecule has 0 unspecified atom stereocenters. The maximum Gasteiger partial charge on any atom is 0.0541 e. The van der Waals surface area contributed by atoms with Gasteiger partial charge in [0.05, 0.1) is 33.4 Å². The molecule has 3 heterocycles. The monoisotopic (exact) mass is 525 g/mol. The Morgan fingerprint density at radius 1 is 0.390 bits per heavy atom. The first kappa shape index (κ1) is 22.5. The maximum absolute atomic E-state index is 2.49. The zero-order chi connectivity index (χ0) is 26.9. The van der Waals surface area contributed by atoms with Gasteiger partial charge >= 0.3 is 0 Å². The lowest BCUT2D eigenvalue weighted by Crippen LogP contribution is -2.14. The average molecular weight is 526 g/mol. The van der Waals surface area contributed by atoms with Crippen LogP contribution in [0.1, 0.15) is 5.56 Å². The van der Waals surface area contributed by atoms with Gasteiger partial charge in [-0.1, -0.05) is 91.0 Å². The Hall–Kier alpha value is -5.28. The van der Waals surface area contributed by atoms with E-state index in [-0.39, 0.29) is 0 Å². The van der Waals surface area contributed by atoms with Crippen LogP contribution in [0.4, 0.5) is 11.4 Å². The Balaban J connectivity index is 1.39. The summed E-state index contributed by atoms with van der Waals surface area (Å²) >= 11 is 0. The van der Waals surface area contributed by atoms with Gasteiger partial charge in [-0.2, -0.15) is 0 Å². The molecular formula is C38H27N3. The van der Waals surface area contributed by atoms with Crippen molar-refractivity contribution in [2.45, 2.75) is 6.42 Å². The molecule has 0 bridgehead atoms. The Bertz CT molecular complexity index is 2040. The van der Waals surface area contributed by atoms with Crippen molar-refractivity contribution in [3.8, 4) is 11.4 Å². The molecule has 0 aliphatic carbocycles. The molecular weight excluding hydrogens is 498 g/mol. The number of fused-ring (bicyclic) bond motifs is 7. The molecule has 41 heavy (non-hydrogen) atoms. The van der Waals surface area contributed by atoms with E-state index in [0.717, 1.165) is 13.0 Å². The largest absolute Gasteiger partial charge is 0.341 e. The van der Waals surface area contributed by atoms with Crippen LogP contribution in [0.2, 0.25) is 0 Å². The third kappa shape index (κ3) is 3.26. The van der Waals surface area contributed by atoms with Gasteiger partial charge in [-0.15, -0.1) is 0 Å². The molecule has 6 aromatic carbocycles. The molecule has 3 nitrogen and oxygen atoms in total. The minimum Gasteiger partial charge on any atom is -0.341 e. The van der Waals surface area contributed by atoms with E-state index in [4.69, 9.17) is 0 Å². The topological polar surface area (TPSA) is 13.1 Å². The van der Waals surface area contributed by atoms with E-state index >= 15 is 0 Å². The number of hydrogen-bond donors (Lipinski definition) is 0. The number of rotatable bonds is 3. The maximum atomic E-state index is 2.49. The summed E-state index contributed by atoms with van der Waals surface area (Å²) in [5.74, 6) is 0. The van der Waals surface area contributed by atoms with E-state index in [1.165, 1.54) is 71.9 Å². The van der Waals surface area contributed by atoms with E-state index in [1.54, 1.807) is 0 Å². The molecule has 0 saturated carbocycles. The fourth-order valence-corrected chi connectivity index (χ4v) is 7.00. The fourth-order valence-electron chi connectivity index (χ4n) is 7.00. The third-order valence-electron chi connectivity index (χ3n) is 8.76. The van der Waals surface area contributed by atoms with Gasteiger partial charge in [0.2, 0.25) is 0 Å². The van der Waals surface area contributed by atoms with Gasteiger partial charge in [0.1, 0.15) is 0 Å². The van der Waals surface area contributed by atoms with E-state index in [2.05, 4.69) is 154 Å². The summed E-state index contributed by atoms with van der Waals surface area (Å²) in [4.78, 5) is 2.49. The molecule has 1 aliphatic heterocycles. The molecule has 0 radical (unpaired) electrons. The predicted molar refractivity (Wildman–Crippen MR) is 172 cm³/mol. The second-order valence-electron chi connectivity index (χ2n) is 11.0. The van der Waals surface area contributed by atoms with Crippen LogP contribution in [0.25, 0.3) is 55.0 Å². The van der Waals surface area contributed by atoms with Crippen molar-refractivity contribution in [1.82, 2.24) is 9.13 Å². The molecule has 0 N–H and O–H groups in total. The van der Waals surface area contributed by atoms with Crippen LogP contribution in [-0.4, -0.2) is 15.7 Å². The van der Waals surface area contributed by atoms with Crippen LogP contribution in [0.3, 0.4) is 0 Å². The second-order valence-corrected chi connectivity index (χ2v) is 11.0. The highest BCUT2D eigenvalue weighted by Crippen LogP contribution is 2.40. The SMILES string of the molecule is c1ccc2c(c1)CCN2c1cc(-n2c3ccccc3c3ccccc32)cc(-n2c3ccccc3c3ccccc32)c1. The van der Waals surface area contributed by atoms with Gasteiger partial charge < -0.3 is 14.0 Å². The number of para-hydroxylation sites is 5. The normalized spacial score (nSPS) is 13.1. The zero-order valence-electron chi connectivity index (χ0n) is 22.5. The van der Waals surface area contributed by atoms with Gasteiger partial charge in [0.15, 0.2) is 0 Å². The van der Waals surface area contributed by atoms with Gasteiger partial charge in [-0.25, -0.2) is 0 Å². The van der Waals surface area contributed by atoms with Crippen molar-refractivity contribution in [3.05, 3.63) is 145 Å². The summed E-state index contributed by atoms with van der Waals surface area (Å²) in [5.41, 5.74) is 11.2. The molecule has 0 atom stereocenters. The Morgan fingerprint density at radius 2 is 0.780 bits per heavy atom. The molecule has 0 spiro atoms. The number of hydrogen-bond acceptors (Lipinski definition) is 1. The van der Waals surface area contributed by atoms with Crippen molar-refractivity contribution in [1.29, 1.82) is 0 Å². The second kappa shape index (κ2) is 8.61. The number of anilines is 2. The minimum absolute atomic E-state index is 0.975. The standard InChI is InChI=1S/C38H27N3/c1-6-16-34-26(11-1)21-22-39(34)27-23-28(40-35-17-7-2-12-30(35)31-13-3-8-18-36(31)40)25-29(24-27)41-37-19-9-4-14-32(37)33-15-5-10-20-38(33)41/h1-20,23-25H,21-22H2. The third-order valence-corrected chi connectivity index (χ3v) is 8.76. The first-order valence-electron chi connectivity index (χ1n) is 14.3. The molecule has 194 valence electrons. The molecule has 0 fully saturated rings. The van der Waals surface area contributed by atoms with Gasteiger partial charge in [-0.3, -0.25) is 0 Å². The molecule has 3 heteroatoms. The Labute approximate surface area is 238 Å². The van der Waals surface area contributed by atoms with E-state index in [9.17, 15) is 0 Å². The van der Waals surface area contributed by atoms with Crippen LogP contribution >= 0.6 is 0 Å². The predicted octanol–water partition coefficient (Wildman–Crippen LogP) is 9.57. The highest BCUT2D eigenvalue weighted by molar-refractivity contribution is 6.10. The van der Waals surface area contributed by atoms with Gasteiger partial charge in [0.25, 0.3) is 0 Å². The molecule has 8 aromatic rings. The van der Waals surface area contributed by atoms with Crippen LogP contribution in [0.5, 0.6) is 0 Å². The minimum atomic E-state index is 0.975. The Kier molecular flexibility index (Phi) is 4.73. The van der Waals surface area contributed by atoms with Crippen LogP contribution in [-0.2, 0) is 6.42 Å². The van der Waals surface area contributed by atoms with Crippen LogP contribution in [0.15, 0.2) is 140 Å². The summed E-state index contributed by atoms with van der Waals surface area (Å²) in [5, 5.41) is 5.11. The first-order chi connectivity index (χ1) is 20.3. The van der Waals surface area contributed by atoms with E-state index < -0.39 is 0 Å². The van der Waals surface area contributed by atoms with E-state index in [0.29, 0.717) is 0 Å². The summed E-state index contributed by atoms with van der Waals surface area (Å²) < 4.78 is 4.88. The number of aromatic nitrogens is 2. The smallest absolute Gasteiger partial charge is 0.0541 e. The van der Waals surface area contributed by atoms with Crippen LogP contribution in [0, 0.1) is 0 Å². The lowest BCUT2D eigenvalue weighted by atomic mass is 10.1. The van der Waals surface area contributed by atoms with Gasteiger partial charge in [0, 0.05) is 39.5 Å². The number of benzene rings is 6. The number of nitrogens with zero attached hydrogens (tertiary/aromatic N) is 3.